The fourth-order valence-corrected chi connectivity index (χ4v) is 3.71. The number of allylic oxidation sites excluding steroid dienone is 2. The summed E-state index contributed by atoms with van der Waals surface area (Å²) in [7, 11) is 0. The van der Waals surface area contributed by atoms with E-state index < -0.39 is 11.1 Å². The van der Waals surface area contributed by atoms with Crippen molar-refractivity contribution in [2.24, 2.45) is 0 Å². The van der Waals surface area contributed by atoms with E-state index in [1.165, 1.54) is 12.1 Å². The van der Waals surface area contributed by atoms with Gasteiger partial charge < -0.3 is 15.5 Å². The summed E-state index contributed by atoms with van der Waals surface area (Å²) in [5, 5.41) is 21.1. The van der Waals surface area contributed by atoms with Gasteiger partial charge in [-0.05, 0) is 47.5 Å². The Morgan fingerprint density at radius 1 is 1.06 bits per heavy atom. The molecule has 0 spiro atoms. The van der Waals surface area contributed by atoms with Gasteiger partial charge in [-0.2, -0.15) is 0 Å². The van der Waals surface area contributed by atoms with E-state index in [1.807, 2.05) is 36.4 Å². The van der Waals surface area contributed by atoms with Gasteiger partial charge in [0.2, 0.25) is 5.91 Å². The highest BCUT2D eigenvalue weighted by atomic mass is 32.2. The number of phenolic OH excluding ortho intramolecular Hbond substituents is 2. The number of carbonyl (C=O) groups is 3. The summed E-state index contributed by atoms with van der Waals surface area (Å²) in [6.07, 6.45) is 5.64. The van der Waals surface area contributed by atoms with Crippen LogP contribution in [0.4, 0.5) is 4.79 Å². The van der Waals surface area contributed by atoms with Crippen LogP contribution < -0.4 is 5.32 Å². The van der Waals surface area contributed by atoms with E-state index in [4.69, 9.17) is 0 Å². The highest BCUT2D eigenvalue weighted by Crippen LogP contribution is 2.30. The number of aromatic hydroxyl groups is 2. The van der Waals surface area contributed by atoms with Crippen LogP contribution in [0.25, 0.3) is 6.08 Å². The molecule has 8 heteroatoms. The topological polar surface area (TPSA) is 107 Å². The maximum absolute atomic E-state index is 12.4. The summed E-state index contributed by atoms with van der Waals surface area (Å²) in [4.78, 5) is 38.0. The monoisotopic (exact) mass is 438 g/mol. The summed E-state index contributed by atoms with van der Waals surface area (Å²) >= 11 is 0.858. The zero-order chi connectivity index (χ0) is 22.2. The molecule has 0 radical (unpaired) electrons. The fraction of sp³-hybridized carbons (Fsp3) is 0.174. The minimum absolute atomic E-state index is 0.00595. The Kier molecular flexibility index (Phi) is 7.50. The highest BCUT2D eigenvalue weighted by molar-refractivity contribution is 8.18. The summed E-state index contributed by atoms with van der Waals surface area (Å²) < 4.78 is 0. The summed E-state index contributed by atoms with van der Waals surface area (Å²) in [6, 6.07) is 14.1. The number of thioether (sulfide) groups is 1. The Morgan fingerprint density at radius 3 is 2.58 bits per heavy atom. The number of imide groups is 1. The third kappa shape index (κ3) is 6.23. The van der Waals surface area contributed by atoms with E-state index in [0.29, 0.717) is 17.9 Å². The minimum Gasteiger partial charge on any atom is -0.504 e. The zero-order valence-electron chi connectivity index (χ0n) is 16.7. The van der Waals surface area contributed by atoms with E-state index in [0.717, 1.165) is 27.8 Å². The van der Waals surface area contributed by atoms with Gasteiger partial charge in [-0.15, -0.1) is 0 Å². The lowest BCUT2D eigenvalue weighted by Gasteiger charge is -2.12. The van der Waals surface area contributed by atoms with Gasteiger partial charge in [0.25, 0.3) is 11.1 Å². The van der Waals surface area contributed by atoms with Crippen LogP contribution in [0.2, 0.25) is 0 Å². The molecule has 0 atom stereocenters. The van der Waals surface area contributed by atoms with Crippen LogP contribution in [-0.2, 0) is 16.0 Å². The van der Waals surface area contributed by atoms with Crippen LogP contribution in [0.1, 0.15) is 17.5 Å². The Morgan fingerprint density at radius 2 is 1.84 bits per heavy atom. The van der Waals surface area contributed by atoms with Crippen LogP contribution in [0.5, 0.6) is 11.5 Å². The maximum Gasteiger partial charge on any atom is 0.293 e. The number of hydrogen-bond acceptors (Lipinski definition) is 6. The molecule has 1 fully saturated rings. The number of hydrogen-bond donors (Lipinski definition) is 3. The van der Waals surface area contributed by atoms with Crippen molar-refractivity contribution in [3.8, 4) is 11.5 Å². The molecule has 2 aromatic carbocycles. The SMILES string of the molecule is O=C(CCN1C(=O)SC(=CC=Cc2ccccc2)C1=O)NCCc1ccc(O)c(O)c1. The van der Waals surface area contributed by atoms with Crippen molar-refractivity contribution >= 4 is 34.9 Å². The number of carbonyl (C=O) groups excluding carboxylic acids is 3. The lowest BCUT2D eigenvalue weighted by molar-refractivity contribution is -0.124. The normalized spacial score (nSPS) is 15.2. The van der Waals surface area contributed by atoms with Gasteiger partial charge in [0.05, 0.1) is 4.91 Å². The average Bonchev–Trinajstić information content (AvgIpc) is 3.02. The second kappa shape index (κ2) is 10.5. The van der Waals surface area contributed by atoms with Crippen LogP contribution in [0, 0.1) is 0 Å². The molecule has 1 heterocycles. The summed E-state index contributed by atoms with van der Waals surface area (Å²) in [5.41, 5.74) is 1.74. The Bertz CT molecular complexity index is 1030. The third-order valence-electron chi connectivity index (χ3n) is 4.55. The first-order valence-corrected chi connectivity index (χ1v) is 10.5. The van der Waals surface area contributed by atoms with Crippen molar-refractivity contribution in [1.82, 2.24) is 10.2 Å². The van der Waals surface area contributed by atoms with E-state index in [2.05, 4.69) is 5.32 Å². The molecule has 1 saturated heterocycles. The smallest absolute Gasteiger partial charge is 0.293 e. The fourth-order valence-electron chi connectivity index (χ4n) is 2.89. The molecule has 1 aliphatic rings. The summed E-state index contributed by atoms with van der Waals surface area (Å²) in [6.45, 7) is 0.339. The molecule has 0 bridgehead atoms. The van der Waals surface area contributed by atoms with Crippen molar-refractivity contribution < 1.29 is 24.6 Å². The number of nitrogens with zero attached hydrogens (tertiary/aromatic N) is 1. The Balaban J connectivity index is 1.45. The summed E-state index contributed by atoms with van der Waals surface area (Å²) in [5.74, 6) is -1.10. The van der Waals surface area contributed by atoms with Gasteiger partial charge in [0, 0.05) is 19.5 Å². The number of rotatable bonds is 8. The second-order valence-corrected chi connectivity index (χ2v) is 7.79. The van der Waals surface area contributed by atoms with Crippen molar-refractivity contribution in [2.75, 3.05) is 13.1 Å². The lowest BCUT2D eigenvalue weighted by atomic mass is 10.1. The van der Waals surface area contributed by atoms with E-state index in [1.54, 1.807) is 18.2 Å². The van der Waals surface area contributed by atoms with Crippen molar-refractivity contribution in [3.63, 3.8) is 0 Å². The first-order chi connectivity index (χ1) is 14.9. The number of benzene rings is 2. The van der Waals surface area contributed by atoms with Crippen molar-refractivity contribution in [3.05, 3.63) is 76.7 Å². The van der Waals surface area contributed by atoms with Crippen LogP contribution >= 0.6 is 11.8 Å². The third-order valence-corrected chi connectivity index (χ3v) is 5.47. The van der Waals surface area contributed by atoms with Crippen molar-refractivity contribution in [1.29, 1.82) is 0 Å². The molecule has 2 aromatic rings. The number of phenols is 2. The van der Waals surface area contributed by atoms with Crippen LogP contribution in [0.3, 0.4) is 0 Å². The Hall–Kier alpha value is -3.52. The van der Waals surface area contributed by atoms with E-state index in [9.17, 15) is 24.6 Å². The van der Waals surface area contributed by atoms with E-state index in [-0.39, 0.29) is 30.4 Å². The molecule has 3 N–H and O–H groups in total. The number of amides is 3. The molecular weight excluding hydrogens is 416 g/mol. The molecule has 0 saturated carbocycles. The van der Waals surface area contributed by atoms with Gasteiger partial charge in [-0.1, -0.05) is 48.6 Å². The number of nitrogens with one attached hydrogen (secondary N) is 1. The first kappa shape index (κ1) is 22.2. The Labute approximate surface area is 184 Å². The first-order valence-electron chi connectivity index (χ1n) is 9.68. The van der Waals surface area contributed by atoms with Gasteiger partial charge in [0.15, 0.2) is 11.5 Å². The molecule has 1 aliphatic heterocycles. The standard InChI is InChI=1S/C23H22N2O5S/c26-18-10-9-17(15-19(18)27)11-13-24-21(28)12-14-25-22(29)20(31-23(25)30)8-4-7-16-5-2-1-3-6-16/h1-10,15,26-27H,11-14H2,(H,24,28). The highest BCUT2D eigenvalue weighted by Gasteiger charge is 2.34. The van der Waals surface area contributed by atoms with Gasteiger partial charge in [-0.3, -0.25) is 19.3 Å². The van der Waals surface area contributed by atoms with Crippen molar-refractivity contribution in [2.45, 2.75) is 12.8 Å². The quantitative estimate of drug-likeness (QED) is 0.431. The lowest BCUT2D eigenvalue weighted by Crippen LogP contribution is -2.34. The average molecular weight is 439 g/mol. The van der Waals surface area contributed by atoms with Gasteiger partial charge >= 0.3 is 0 Å². The predicted molar refractivity (Wildman–Crippen MR) is 119 cm³/mol. The molecule has 0 aromatic heterocycles. The van der Waals surface area contributed by atoms with Gasteiger partial charge in [-0.25, -0.2) is 0 Å². The molecule has 3 rings (SSSR count). The minimum atomic E-state index is -0.403. The van der Waals surface area contributed by atoms with Crippen LogP contribution in [-0.4, -0.2) is 45.3 Å². The molecule has 0 unspecified atom stereocenters. The molecule has 3 amide bonds. The van der Waals surface area contributed by atoms with Gasteiger partial charge in [0.1, 0.15) is 0 Å². The molecule has 31 heavy (non-hydrogen) atoms. The molecular formula is C23H22N2O5S. The largest absolute Gasteiger partial charge is 0.504 e. The van der Waals surface area contributed by atoms with E-state index >= 15 is 0 Å². The van der Waals surface area contributed by atoms with Crippen LogP contribution in [0.15, 0.2) is 65.6 Å². The molecule has 160 valence electrons. The predicted octanol–water partition coefficient (Wildman–Crippen LogP) is 3.44. The maximum atomic E-state index is 12.4. The second-order valence-electron chi connectivity index (χ2n) is 6.80. The molecule has 0 aliphatic carbocycles. The zero-order valence-corrected chi connectivity index (χ0v) is 17.5. The molecule has 7 nitrogen and oxygen atoms in total.